The fourth-order valence-corrected chi connectivity index (χ4v) is 5.58. The van der Waals surface area contributed by atoms with Gasteiger partial charge in [-0.2, -0.15) is 0 Å². The van der Waals surface area contributed by atoms with Gasteiger partial charge in [0.05, 0.1) is 11.5 Å². The Morgan fingerprint density at radius 2 is 1.73 bits per heavy atom. The van der Waals surface area contributed by atoms with Crippen LogP contribution in [0.15, 0.2) is 72.5 Å². The first-order chi connectivity index (χ1) is 15.8. The Hall–Kier alpha value is -3.46. The van der Waals surface area contributed by atoms with Gasteiger partial charge in [0, 0.05) is 12.1 Å². The molecule has 0 aliphatic carbocycles. The summed E-state index contributed by atoms with van der Waals surface area (Å²) in [5, 5.41) is 2.59. The smallest absolute Gasteiger partial charge is 0.251 e. The molecule has 2 aliphatic rings. The van der Waals surface area contributed by atoms with E-state index >= 15 is 0 Å². The minimum Gasteiger partial charge on any atom is -0.488 e. The van der Waals surface area contributed by atoms with Crippen LogP contribution in [0.2, 0.25) is 0 Å². The Kier molecular flexibility index (Phi) is 6.60. The highest BCUT2D eigenvalue weighted by Gasteiger charge is 2.43. The van der Waals surface area contributed by atoms with Crippen molar-refractivity contribution in [2.75, 3.05) is 18.9 Å². The zero-order valence-electron chi connectivity index (χ0n) is 17.8. The second kappa shape index (κ2) is 9.58. The molecule has 9 heteroatoms. The van der Waals surface area contributed by atoms with Crippen LogP contribution in [0.25, 0.3) is 0 Å². The quantitative estimate of drug-likeness (QED) is 0.659. The van der Waals surface area contributed by atoms with Crippen LogP contribution in [-0.2, 0) is 29.9 Å². The number of ether oxygens (including phenoxy) is 1. The Morgan fingerprint density at radius 3 is 2.42 bits per heavy atom. The first-order valence-corrected chi connectivity index (χ1v) is 12.4. The van der Waals surface area contributed by atoms with Gasteiger partial charge in [-0.25, -0.2) is 8.42 Å². The predicted molar refractivity (Wildman–Crippen MR) is 121 cm³/mol. The van der Waals surface area contributed by atoms with E-state index in [0.717, 1.165) is 0 Å². The maximum atomic E-state index is 13.5. The second-order valence-electron chi connectivity index (χ2n) is 8.02. The van der Waals surface area contributed by atoms with Crippen molar-refractivity contribution in [2.24, 2.45) is 0 Å². The lowest BCUT2D eigenvalue weighted by molar-refractivity contribution is -0.138. The van der Waals surface area contributed by atoms with Gasteiger partial charge in [0.2, 0.25) is 5.91 Å². The third kappa shape index (κ3) is 5.31. The molecule has 172 valence electrons. The summed E-state index contributed by atoms with van der Waals surface area (Å²) in [5.41, 5.74) is 0.885. The first kappa shape index (κ1) is 22.7. The number of fused-ring (bicyclic) bond motifs is 1. The van der Waals surface area contributed by atoms with E-state index in [4.69, 9.17) is 4.74 Å². The molecule has 0 radical (unpaired) electrons. The number of nitrogens with zero attached hydrogens (tertiary/aromatic N) is 1. The molecule has 2 aliphatic heterocycles. The Labute approximate surface area is 192 Å². The lowest BCUT2D eigenvalue weighted by atomic mass is 10.0. The summed E-state index contributed by atoms with van der Waals surface area (Å²) in [4.78, 5) is 40.0. The van der Waals surface area contributed by atoms with Crippen LogP contribution in [0.4, 0.5) is 0 Å². The Bertz CT molecular complexity index is 1180. The van der Waals surface area contributed by atoms with Crippen molar-refractivity contribution in [1.29, 1.82) is 0 Å². The summed E-state index contributed by atoms with van der Waals surface area (Å²) < 4.78 is 31.3. The lowest BCUT2D eigenvalue weighted by Crippen LogP contribution is -2.56. The Morgan fingerprint density at radius 1 is 1.06 bits per heavy atom. The molecule has 8 nitrogen and oxygen atoms in total. The van der Waals surface area contributed by atoms with Crippen molar-refractivity contribution in [3.8, 4) is 0 Å². The van der Waals surface area contributed by atoms with E-state index in [-0.39, 0.29) is 24.7 Å². The molecule has 0 saturated carbocycles. The van der Waals surface area contributed by atoms with E-state index in [1.54, 1.807) is 66.7 Å². The second-order valence-corrected chi connectivity index (χ2v) is 10.1. The molecule has 2 aromatic carbocycles. The topological polar surface area (TPSA) is 110 Å². The normalized spacial score (nSPS) is 18.7. The molecule has 33 heavy (non-hydrogen) atoms. The minimum atomic E-state index is -3.77. The van der Waals surface area contributed by atoms with E-state index in [0.29, 0.717) is 23.3 Å². The van der Waals surface area contributed by atoms with Crippen LogP contribution in [0.5, 0.6) is 0 Å². The van der Waals surface area contributed by atoms with Crippen LogP contribution in [-0.4, -0.2) is 61.9 Å². The van der Waals surface area contributed by atoms with Crippen molar-refractivity contribution in [3.05, 3.63) is 83.6 Å². The lowest BCUT2D eigenvalue weighted by Gasteiger charge is -2.33. The highest BCUT2D eigenvalue weighted by Crippen LogP contribution is 2.26. The van der Waals surface area contributed by atoms with Gasteiger partial charge < -0.3 is 15.0 Å². The Balaban J connectivity index is 1.59. The molecule has 1 N–H and O–H groups in total. The number of hydrogen-bond acceptors (Lipinski definition) is 6. The van der Waals surface area contributed by atoms with Crippen LogP contribution in [0, 0.1) is 0 Å². The molecular weight excluding hydrogens is 444 g/mol. The summed E-state index contributed by atoms with van der Waals surface area (Å²) in [5.74, 6) is -1.91. The van der Waals surface area contributed by atoms with Gasteiger partial charge in [0.15, 0.2) is 21.7 Å². The van der Waals surface area contributed by atoms with Crippen molar-refractivity contribution in [2.45, 2.75) is 24.3 Å². The highest BCUT2D eigenvalue weighted by molar-refractivity contribution is 7.90. The fourth-order valence-electron chi connectivity index (χ4n) is 4.03. The molecule has 0 bridgehead atoms. The van der Waals surface area contributed by atoms with Crippen LogP contribution in [0.3, 0.4) is 0 Å². The van der Waals surface area contributed by atoms with E-state index in [1.807, 2.05) is 0 Å². The number of benzene rings is 2. The summed E-state index contributed by atoms with van der Waals surface area (Å²) in [7, 11) is -3.77. The number of hydrogen-bond donors (Lipinski definition) is 1. The zero-order chi connectivity index (χ0) is 23.4. The standard InChI is InChI=1S/C24H24N2O6S/c27-20-14-32-21-12-7-13-26(22(20)21)24(29)19(25-23(28)18-10-5-2-6-11-18)16-33(30,31)15-17-8-3-1-4-9-17/h1-6,8-12,19,22H,7,13-16H2,(H,25,28). The van der Waals surface area contributed by atoms with E-state index < -0.39 is 39.5 Å². The molecule has 0 spiro atoms. The van der Waals surface area contributed by atoms with Gasteiger partial charge >= 0.3 is 0 Å². The molecule has 1 saturated heterocycles. The largest absolute Gasteiger partial charge is 0.488 e. The van der Waals surface area contributed by atoms with E-state index in [2.05, 4.69) is 5.32 Å². The number of carbonyl (C=O) groups excluding carboxylic acids is 3. The van der Waals surface area contributed by atoms with Crippen molar-refractivity contribution < 1.29 is 27.5 Å². The fraction of sp³-hybridized carbons (Fsp3) is 0.292. The van der Waals surface area contributed by atoms with Gasteiger partial charge in [0.1, 0.15) is 18.4 Å². The number of nitrogens with one attached hydrogen (secondary N) is 1. The van der Waals surface area contributed by atoms with Crippen LogP contribution in [0.1, 0.15) is 22.3 Å². The summed E-state index contributed by atoms with van der Waals surface area (Å²) in [6, 6.07) is 14.6. The summed E-state index contributed by atoms with van der Waals surface area (Å²) >= 11 is 0. The molecule has 4 rings (SSSR count). The van der Waals surface area contributed by atoms with Crippen molar-refractivity contribution >= 4 is 27.4 Å². The van der Waals surface area contributed by atoms with Gasteiger partial charge in [-0.3, -0.25) is 14.4 Å². The van der Waals surface area contributed by atoms with Crippen molar-refractivity contribution in [1.82, 2.24) is 10.2 Å². The van der Waals surface area contributed by atoms with E-state index in [1.165, 1.54) is 4.90 Å². The SMILES string of the molecule is O=C(NC(CS(=O)(=O)Cc1ccccc1)C(=O)N1CCC=C2OCC(=O)C21)c1ccccc1. The number of ketones is 1. The van der Waals surface area contributed by atoms with Gasteiger partial charge in [-0.05, 0) is 30.2 Å². The van der Waals surface area contributed by atoms with Gasteiger partial charge in [0.25, 0.3) is 5.91 Å². The molecule has 0 aromatic heterocycles. The summed E-state index contributed by atoms with van der Waals surface area (Å²) in [6.45, 7) is 0.103. The molecule has 2 atom stereocenters. The molecular formula is C24H24N2O6S. The molecule has 2 heterocycles. The monoisotopic (exact) mass is 468 g/mol. The predicted octanol–water partition coefficient (Wildman–Crippen LogP) is 1.48. The van der Waals surface area contributed by atoms with Crippen LogP contribution >= 0.6 is 0 Å². The third-order valence-electron chi connectivity index (χ3n) is 5.56. The number of Topliss-reactive ketones (excluding diaryl/α,β-unsaturated/α-hetero) is 1. The first-order valence-electron chi connectivity index (χ1n) is 10.6. The average Bonchev–Trinajstić information content (AvgIpc) is 3.20. The summed E-state index contributed by atoms with van der Waals surface area (Å²) in [6.07, 6.45) is 2.24. The number of amides is 2. The van der Waals surface area contributed by atoms with E-state index in [9.17, 15) is 22.8 Å². The zero-order valence-corrected chi connectivity index (χ0v) is 18.7. The maximum Gasteiger partial charge on any atom is 0.251 e. The minimum absolute atomic E-state index is 0.131. The van der Waals surface area contributed by atoms with Crippen LogP contribution < -0.4 is 5.32 Å². The number of carbonyl (C=O) groups is 3. The number of sulfone groups is 1. The van der Waals surface area contributed by atoms with Gasteiger partial charge in [-0.1, -0.05) is 48.5 Å². The maximum absolute atomic E-state index is 13.5. The molecule has 1 fully saturated rings. The number of rotatable bonds is 7. The van der Waals surface area contributed by atoms with Gasteiger partial charge in [-0.15, -0.1) is 0 Å². The molecule has 2 unspecified atom stereocenters. The average molecular weight is 469 g/mol. The van der Waals surface area contributed by atoms with Crippen molar-refractivity contribution in [3.63, 3.8) is 0 Å². The molecule has 2 amide bonds. The third-order valence-corrected chi connectivity index (χ3v) is 7.17. The molecule has 2 aromatic rings. The highest BCUT2D eigenvalue weighted by atomic mass is 32.2.